The Balaban J connectivity index is 2.31. The van der Waals surface area contributed by atoms with Crippen molar-refractivity contribution in [3.63, 3.8) is 0 Å². The highest BCUT2D eigenvalue weighted by Crippen LogP contribution is 2.18. The highest BCUT2D eigenvalue weighted by molar-refractivity contribution is 6.08. The first kappa shape index (κ1) is 12.9. The van der Waals surface area contributed by atoms with E-state index in [4.69, 9.17) is 0 Å². The van der Waals surface area contributed by atoms with Crippen LogP contribution in [0.4, 0.5) is 10.1 Å². The van der Waals surface area contributed by atoms with E-state index >= 15 is 0 Å². The van der Waals surface area contributed by atoms with Gasteiger partial charge in [-0.25, -0.2) is 4.39 Å². The molecule has 1 aromatic heterocycles. The van der Waals surface area contributed by atoms with Crippen LogP contribution in [0.2, 0.25) is 0 Å². The molecule has 4 nitrogen and oxygen atoms in total. The molecular weight excluding hydrogens is 247 g/mol. The zero-order chi connectivity index (χ0) is 13.8. The number of aromatic nitrogens is 1. The van der Waals surface area contributed by atoms with Gasteiger partial charge in [0.2, 0.25) is 0 Å². The lowest BCUT2D eigenvalue weighted by molar-refractivity contribution is 0.101. The fraction of sp³-hybridized carbons (Fsp3) is 0.0714. The van der Waals surface area contributed by atoms with Crippen LogP contribution in [-0.4, -0.2) is 16.7 Å². The van der Waals surface area contributed by atoms with E-state index in [-0.39, 0.29) is 17.0 Å². The number of nitrogens with zero attached hydrogens (tertiary/aromatic N) is 1. The highest BCUT2D eigenvalue weighted by Gasteiger charge is 2.12. The van der Waals surface area contributed by atoms with Crippen LogP contribution in [0, 0.1) is 5.82 Å². The van der Waals surface area contributed by atoms with E-state index in [0.29, 0.717) is 5.56 Å². The molecule has 0 saturated carbocycles. The number of ketones is 1. The van der Waals surface area contributed by atoms with Gasteiger partial charge in [-0.05, 0) is 37.3 Å². The van der Waals surface area contributed by atoms with Gasteiger partial charge in [0.15, 0.2) is 5.78 Å². The van der Waals surface area contributed by atoms with E-state index in [1.54, 1.807) is 0 Å². The fourth-order valence-corrected chi connectivity index (χ4v) is 1.62. The lowest BCUT2D eigenvalue weighted by Crippen LogP contribution is -2.14. The van der Waals surface area contributed by atoms with Crippen molar-refractivity contribution in [1.82, 2.24) is 4.98 Å². The van der Waals surface area contributed by atoms with Crippen LogP contribution in [0.1, 0.15) is 27.6 Å². The minimum Gasteiger partial charge on any atom is -0.321 e. The van der Waals surface area contributed by atoms with Crippen LogP contribution in [0.15, 0.2) is 42.7 Å². The molecule has 0 saturated heterocycles. The predicted octanol–water partition coefficient (Wildman–Crippen LogP) is 2.68. The second kappa shape index (κ2) is 5.39. The number of benzene rings is 1. The van der Waals surface area contributed by atoms with Crippen molar-refractivity contribution in [1.29, 1.82) is 0 Å². The maximum atomic E-state index is 13.2. The number of hydrogen-bond acceptors (Lipinski definition) is 3. The molecule has 2 rings (SSSR count). The third kappa shape index (κ3) is 3.01. The third-order valence-corrected chi connectivity index (χ3v) is 2.55. The summed E-state index contributed by atoms with van der Waals surface area (Å²) in [7, 11) is 0. The molecular formula is C14H11FN2O2. The molecule has 19 heavy (non-hydrogen) atoms. The minimum atomic E-state index is -0.518. The van der Waals surface area contributed by atoms with Crippen LogP contribution in [0.3, 0.4) is 0 Å². The summed E-state index contributed by atoms with van der Waals surface area (Å²) in [4.78, 5) is 27.1. The van der Waals surface area contributed by atoms with Gasteiger partial charge in [0.05, 0.1) is 5.69 Å². The van der Waals surface area contributed by atoms with Crippen molar-refractivity contribution in [3.8, 4) is 0 Å². The van der Waals surface area contributed by atoms with Gasteiger partial charge in [-0.3, -0.25) is 14.6 Å². The average molecular weight is 258 g/mol. The highest BCUT2D eigenvalue weighted by atomic mass is 19.1. The Hall–Kier alpha value is -2.56. The van der Waals surface area contributed by atoms with Gasteiger partial charge in [0.1, 0.15) is 5.82 Å². The summed E-state index contributed by atoms with van der Waals surface area (Å²) >= 11 is 0. The summed E-state index contributed by atoms with van der Waals surface area (Å²) in [5.41, 5.74) is 0.812. The number of amides is 1. The molecule has 0 aliphatic rings. The smallest absolute Gasteiger partial charge is 0.255 e. The molecule has 0 spiro atoms. The normalized spacial score (nSPS) is 10.0. The van der Waals surface area contributed by atoms with E-state index in [0.717, 1.165) is 6.07 Å². The van der Waals surface area contributed by atoms with Crippen molar-refractivity contribution in [2.45, 2.75) is 6.92 Å². The summed E-state index contributed by atoms with van der Waals surface area (Å²) in [6.07, 6.45) is 2.96. The molecule has 1 aromatic carbocycles. The van der Waals surface area contributed by atoms with Crippen molar-refractivity contribution in [2.24, 2.45) is 0 Å². The Bertz CT molecular complexity index is 627. The van der Waals surface area contributed by atoms with E-state index in [9.17, 15) is 14.0 Å². The standard InChI is InChI=1S/C14H11FN2O2/c1-9(18)12-3-2-11(15)8-13(12)17-14(19)10-4-6-16-7-5-10/h2-8H,1H3,(H,17,19). The predicted molar refractivity (Wildman–Crippen MR) is 68.6 cm³/mol. The van der Waals surface area contributed by atoms with Crippen LogP contribution in [-0.2, 0) is 0 Å². The monoisotopic (exact) mass is 258 g/mol. The number of carbonyl (C=O) groups excluding carboxylic acids is 2. The summed E-state index contributed by atoms with van der Waals surface area (Å²) in [5, 5.41) is 2.52. The number of Topliss-reactive ketones (excluding diaryl/α,β-unsaturated/α-hetero) is 1. The van der Waals surface area contributed by atoms with Gasteiger partial charge in [0, 0.05) is 23.5 Å². The van der Waals surface area contributed by atoms with E-state index < -0.39 is 11.7 Å². The van der Waals surface area contributed by atoms with Gasteiger partial charge in [-0.1, -0.05) is 0 Å². The molecule has 1 N–H and O–H groups in total. The molecule has 1 amide bonds. The lowest BCUT2D eigenvalue weighted by atomic mass is 10.1. The van der Waals surface area contributed by atoms with Gasteiger partial charge >= 0.3 is 0 Å². The molecule has 0 bridgehead atoms. The fourth-order valence-electron chi connectivity index (χ4n) is 1.62. The Morgan fingerprint density at radius 1 is 1.16 bits per heavy atom. The largest absolute Gasteiger partial charge is 0.321 e. The van der Waals surface area contributed by atoms with Crippen molar-refractivity contribution in [3.05, 3.63) is 59.7 Å². The average Bonchev–Trinajstić information content (AvgIpc) is 2.39. The number of anilines is 1. The van der Waals surface area contributed by atoms with Crippen molar-refractivity contribution < 1.29 is 14.0 Å². The van der Waals surface area contributed by atoms with Gasteiger partial charge in [-0.15, -0.1) is 0 Å². The summed E-state index contributed by atoms with van der Waals surface area (Å²) in [6, 6.07) is 6.71. The van der Waals surface area contributed by atoms with Crippen molar-refractivity contribution in [2.75, 3.05) is 5.32 Å². The van der Waals surface area contributed by atoms with Gasteiger partial charge < -0.3 is 5.32 Å². The number of hydrogen-bond donors (Lipinski definition) is 1. The maximum Gasteiger partial charge on any atom is 0.255 e. The van der Waals surface area contributed by atoms with Crippen LogP contribution >= 0.6 is 0 Å². The zero-order valence-corrected chi connectivity index (χ0v) is 10.2. The number of pyridine rings is 1. The number of carbonyl (C=O) groups is 2. The Morgan fingerprint density at radius 2 is 1.84 bits per heavy atom. The van der Waals surface area contributed by atoms with Gasteiger partial charge in [0.25, 0.3) is 5.91 Å². The third-order valence-electron chi connectivity index (χ3n) is 2.55. The molecule has 5 heteroatoms. The first-order valence-electron chi connectivity index (χ1n) is 5.60. The summed E-state index contributed by atoms with van der Waals surface area (Å²) in [5.74, 6) is -1.18. The van der Waals surface area contributed by atoms with Crippen molar-refractivity contribution >= 4 is 17.4 Å². The van der Waals surface area contributed by atoms with Crippen LogP contribution in [0.5, 0.6) is 0 Å². The Morgan fingerprint density at radius 3 is 2.47 bits per heavy atom. The zero-order valence-electron chi connectivity index (χ0n) is 10.2. The van der Waals surface area contributed by atoms with Gasteiger partial charge in [-0.2, -0.15) is 0 Å². The van der Waals surface area contributed by atoms with Crippen LogP contribution in [0.25, 0.3) is 0 Å². The lowest BCUT2D eigenvalue weighted by Gasteiger charge is -2.09. The first-order chi connectivity index (χ1) is 9.08. The molecule has 0 aliphatic carbocycles. The molecule has 96 valence electrons. The quantitative estimate of drug-likeness (QED) is 0.861. The molecule has 1 heterocycles. The molecule has 0 atom stereocenters. The molecule has 0 radical (unpaired) electrons. The second-order valence-electron chi connectivity index (χ2n) is 3.94. The minimum absolute atomic E-state index is 0.161. The summed E-state index contributed by atoms with van der Waals surface area (Å²) in [6.45, 7) is 1.36. The SMILES string of the molecule is CC(=O)c1ccc(F)cc1NC(=O)c1ccncc1. The maximum absolute atomic E-state index is 13.2. The topological polar surface area (TPSA) is 59.1 Å². The number of halogens is 1. The molecule has 0 unspecified atom stereocenters. The molecule has 2 aromatic rings. The van der Waals surface area contributed by atoms with Crippen LogP contribution < -0.4 is 5.32 Å². The Labute approximate surface area is 109 Å². The van der Waals surface area contributed by atoms with E-state index in [1.165, 1.54) is 43.6 Å². The molecule has 0 fully saturated rings. The van der Waals surface area contributed by atoms with E-state index in [1.807, 2.05) is 0 Å². The first-order valence-corrected chi connectivity index (χ1v) is 5.60. The number of rotatable bonds is 3. The van der Waals surface area contributed by atoms with E-state index in [2.05, 4.69) is 10.3 Å². The second-order valence-corrected chi connectivity index (χ2v) is 3.94. The molecule has 0 aliphatic heterocycles. The Kier molecular flexibility index (Phi) is 3.66. The summed E-state index contributed by atoms with van der Waals surface area (Å²) < 4.78 is 13.2. The number of nitrogens with one attached hydrogen (secondary N) is 1.